The van der Waals surface area contributed by atoms with Gasteiger partial charge in [0.25, 0.3) is 0 Å². The van der Waals surface area contributed by atoms with Gasteiger partial charge >= 0.3 is 0 Å². The van der Waals surface area contributed by atoms with Gasteiger partial charge in [0.2, 0.25) is 5.95 Å². The van der Waals surface area contributed by atoms with Crippen molar-refractivity contribution in [3.05, 3.63) is 12.3 Å². The van der Waals surface area contributed by atoms with E-state index in [9.17, 15) is 0 Å². The molecule has 18 heavy (non-hydrogen) atoms. The van der Waals surface area contributed by atoms with E-state index >= 15 is 0 Å². The minimum Gasteiger partial charge on any atom is -0.375 e. The predicted octanol–water partition coefficient (Wildman–Crippen LogP) is 0.443. The van der Waals surface area contributed by atoms with Gasteiger partial charge in [0.1, 0.15) is 11.9 Å². The van der Waals surface area contributed by atoms with E-state index in [4.69, 9.17) is 15.2 Å². The molecule has 2 fully saturated rings. The van der Waals surface area contributed by atoms with Gasteiger partial charge in [-0.05, 0) is 18.9 Å². The number of ether oxygens (including phenoxy) is 2. The molecule has 2 unspecified atom stereocenters. The van der Waals surface area contributed by atoms with Crippen molar-refractivity contribution in [1.29, 1.82) is 0 Å². The Labute approximate surface area is 106 Å². The van der Waals surface area contributed by atoms with Crippen LogP contribution in [0.3, 0.4) is 0 Å². The molecular weight excluding hydrogens is 232 g/mol. The maximum absolute atomic E-state index is 5.80. The molecule has 0 aromatic carbocycles. The molecule has 0 radical (unpaired) electrons. The summed E-state index contributed by atoms with van der Waals surface area (Å²) in [6.07, 6.45) is 4.27. The first-order valence-corrected chi connectivity index (χ1v) is 6.39. The molecule has 1 aromatic rings. The summed E-state index contributed by atoms with van der Waals surface area (Å²) >= 11 is 0. The Bertz CT molecular complexity index is 409. The van der Waals surface area contributed by atoms with Crippen LogP contribution in [0.2, 0.25) is 0 Å². The molecule has 2 N–H and O–H groups in total. The molecule has 1 aromatic heterocycles. The monoisotopic (exact) mass is 250 g/mol. The lowest BCUT2D eigenvalue weighted by molar-refractivity contribution is -0.0544. The summed E-state index contributed by atoms with van der Waals surface area (Å²) in [5.41, 5.74) is 5.62. The Balaban J connectivity index is 1.69. The van der Waals surface area contributed by atoms with Gasteiger partial charge in [-0.25, -0.2) is 4.98 Å². The number of anilines is 2. The number of nitrogens with zero attached hydrogens (tertiary/aromatic N) is 3. The van der Waals surface area contributed by atoms with Gasteiger partial charge in [-0.3, -0.25) is 0 Å². The van der Waals surface area contributed by atoms with E-state index in [2.05, 4.69) is 14.9 Å². The summed E-state index contributed by atoms with van der Waals surface area (Å²) in [5.74, 6) is 1.18. The van der Waals surface area contributed by atoms with Crippen LogP contribution < -0.4 is 10.6 Å². The first kappa shape index (κ1) is 11.7. The standard InChI is InChI=1S/C12H18N4O2/c13-12-14-4-3-11(15-12)16-5-7-18-10(8-16)9-2-1-6-17-9/h3-4,9-10H,1-2,5-8H2,(H2,13,14,15). The zero-order chi connectivity index (χ0) is 12.4. The van der Waals surface area contributed by atoms with E-state index in [0.717, 1.165) is 38.4 Å². The number of aromatic nitrogens is 2. The van der Waals surface area contributed by atoms with Crippen LogP contribution in [-0.4, -0.2) is 48.5 Å². The Hall–Kier alpha value is -1.40. The van der Waals surface area contributed by atoms with Crippen LogP contribution in [0.4, 0.5) is 11.8 Å². The average Bonchev–Trinajstić information content (AvgIpc) is 2.93. The quantitative estimate of drug-likeness (QED) is 0.821. The molecule has 3 heterocycles. The van der Waals surface area contributed by atoms with E-state index in [-0.39, 0.29) is 12.2 Å². The molecule has 6 nitrogen and oxygen atoms in total. The highest BCUT2D eigenvalue weighted by Gasteiger charge is 2.31. The molecule has 3 rings (SSSR count). The van der Waals surface area contributed by atoms with E-state index in [0.29, 0.717) is 12.6 Å². The smallest absolute Gasteiger partial charge is 0.221 e. The summed E-state index contributed by atoms with van der Waals surface area (Å²) in [6.45, 7) is 3.19. The molecule has 0 amide bonds. The van der Waals surface area contributed by atoms with Crippen LogP contribution in [0.5, 0.6) is 0 Å². The molecule has 0 aliphatic carbocycles. The fraction of sp³-hybridized carbons (Fsp3) is 0.667. The van der Waals surface area contributed by atoms with Crippen molar-refractivity contribution >= 4 is 11.8 Å². The second-order valence-corrected chi connectivity index (χ2v) is 4.68. The van der Waals surface area contributed by atoms with Crippen molar-refractivity contribution in [2.45, 2.75) is 25.0 Å². The fourth-order valence-electron chi connectivity index (χ4n) is 2.54. The van der Waals surface area contributed by atoms with Crippen molar-refractivity contribution in [1.82, 2.24) is 9.97 Å². The molecule has 2 aliphatic heterocycles. The predicted molar refractivity (Wildman–Crippen MR) is 67.4 cm³/mol. The van der Waals surface area contributed by atoms with Gasteiger partial charge in [0, 0.05) is 25.9 Å². The largest absolute Gasteiger partial charge is 0.375 e. The van der Waals surface area contributed by atoms with Gasteiger partial charge in [-0.1, -0.05) is 0 Å². The molecular formula is C12H18N4O2. The van der Waals surface area contributed by atoms with Crippen LogP contribution in [-0.2, 0) is 9.47 Å². The minimum absolute atomic E-state index is 0.137. The molecule has 2 saturated heterocycles. The molecule has 0 spiro atoms. The van der Waals surface area contributed by atoms with Crippen molar-refractivity contribution in [3.8, 4) is 0 Å². The summed E-state index contributed by atoms with van der Waals surface area (Å²) in [5, 5.41) is 0. The van der Waals surface area contributed by atoms with E-state index < -0.39 is 0 Å². The zero-order valence-electron chi connectivity index (χ0n) is 10.3. The highest BCUT2D eigenvalue weighted by Crippen LogP contribution is 2.23. The van der Waals surface area contributed by atoms with Crippen LogP contribution >= 0.6 is 0 Å². The van der Waals surface area contributed by atoms with Crippen LogP contribution in [0.25, 0.3) is 0 Å². The van der Waals surface area contributed by atoms with Crippen molar-refractivity contribution in [2.75, 3.05) is 36.9 Å². The van der Waals surface area contributed by atoms with E-state index in [1.54, 1.807) is 6.20 Å². The first-order valence-electron chi connectivity index (χ1n) is 6.39. The minimum atomic E-state index is 0.137. The lowest BCUT2D eigenvalue weighted by Crippen LogP contribution is -2.48. The molecule has 0 saturated carbocycles. The highest BCUT2D eigenvalue weighted by molar-refractivity contribution is 5.41. The Morgan fingerprint density at radius 3 is 2.94 bits per heavy atom. The molecule has 2 aliphatic rings. The third kappa shape index (κ3) is 2.39. The topological polar surface area (TPSA) is 73.5 Å². The van der Waals surface area contributed by atoms with Gasteiger partial charge in [0.05, 0.1) is 12.7 Å². The SMILES string of the molecule is Nc1nccc(N2CCOC(C3CCCO3)C2)n1. The van der Waals surface area contributed by atoms with Crippen LogP contribution in [0.15, 0.2) is 12.3 Å². The number of morpholine rings is 1. The third-order valence-corrected chi connectivity index (χ3v) is 3.46. The number of hydrogen-bond donors (Lipinski definition) is 1. The maximum atomic E-state index is 5.80. The molecule has 98 valence electrons. The lowest BCUT2D eigenvalue weighted by Gasteiger charge is -2.36. The third-order valence-electron chi connectivity index (χ3n) is 3.46. The molecule has 2 atom stereocenters. The average molecular weight is 250 g/mol. The maximum Gasteiger partial charge on any atom is 0.221 e. The van der Waals surface area contributed by atoms with Gasteiger partial charge in [-0.15, -0.1) is 0 Å². The summed E-state index contributed by atoms with van der Waals surface area (Å²) in [4.78, 5) is 10.4. The van der Waals surface area contributed by atoms with Crippen molar-refractivity contribution in [3.63, 3.8) is 0 Å². The zero-order valence-corrected chi connectivity index (χ0v) is 10.3. The summed E-state index contributed by atoms with van der Waals surface area (Å²) in [6, 6.07) is 1.88. The number of nitrogens with two attached hydrogens (primary N) is 1. The van der Waals surface area contributed by atoms with Gasteiger partial charge < -0.3 is 20.1 Å². The number of hydrogen-bond acceptors (Lipinski definition) is 6. The highest BCUT2D eigenvalue weighted by atomic mass is 16.5. The lowest BCUT2D eigenvalue weighted by atomic mass is 10.1. The second-order valence-electron chi connectivity index (χ2n) is 4.68. The number of nitrogen functional groups attached to an aromatic ring is 1. The van der Waals surface area contributed by atoms with Gasteiger partial charge in [-0.2, -0.15) is 4.98 Å². The Morgan fingerprint density at radius 1 is 1.28 bits per heavy atom. The van der Waals surface area contributed by atoms with Crippen LogP contribution in [0, 0.1) is 0 Å². The number of rotatable bonds is 2. The molecule has 6 heteroatoms. The van der Waals surface area contributed by atoms with Gasteiger partial charge in [0.15, 0.2) is 0 Å². The summed E-state index contributed by atoms with van der Waals surface area (Å²) < 4.78 is 11.5. The Morgan fingerprint density at radius 2 is 2.17 bits per heavy atom. The first-order chi connectivity index (χ1) is 8.83. The van der Waals surface area contributed by atoms with Crippen molar-refractivity contribution < 1.29 is 9.47 Å². The van der Waals surface area contributed by atoms with Crippen LogP contribution in [0.1, 0.15) is 12.8 Å². The second kappa shape index (κ2) is 5.07. The summed E-state index contributed by atoms with van der Waals surface area (Å²) in [7, 11) is 0. The normalized spacial score (nSPS) is 28.6. The Kier molecular flexibility index (Phi) is 3.29. The fourth-order valence-corrected chi connectivity index (χ4v) is 2.54. The van der Waals surface area contributed by atoms with Crippen molar-refractivity contribution in [2.24, 2.45) is 0 Å². The molecule has 0 bridgehead atoms. The van der Waals surface area contributed by atoms with E-state index in [1.807, 2.05) is 6.07 Å². The van der Waals surface area contributed by atoms with E-state index in [1.165, 1.54) is 0 Å².